The van der Waals surface area contributed by atoms with Gasteiger partial charge in [-0.25, -0.2) is 0 Å². The van der Waals surface area contributed by atoms with Crippen molar-refractivity contribution >= 4 is 39.1 Å². The number of hydrogen-bond donors (Lipinski definition) is 1. The summed E-state index contributed by atoms with van der Waals surface area (Å²) in [6.07, 6.45) is -3.35. The van der Waals surface area contributed by atoms with Gasteiger partial charge in [0.25, 0.3) is 0 Å². The van der Waals surface area contributed by atoms with Crippen LogP contribution in [0.1, 0.15) is 35.7 Å². The summed E-state index contributed by atoms with van der Waals surface area (Å²) in [6, 6.07) is 6.40. The standard InChI is InChI=1S/C19H17BrClF3N4O2/c1-17(9-30-18(2,16(25)28-17)19(22,23)24)14-5-3-4-11(27-14)7-13(29)15-12(21)6-10(20)8-26-15/h3-6,8H,7,9H2,1-2H3,(H2,25,28)/t17-,18+/m0/s1. The van der Waals surface area contributed by atoms with Crippen LogP contribution in [0.3, 0.4) is 0 Å². The van der Waals surface area contributed by atoms with E-state index in [0.29, 0.717) is 15.9 Å². The first-order valence-corrected chi connectivity index (χ1v) is 9.90. The van der Waals surface area contributed by atoms with E-state index in [1.807, 2.05) is 0 Å². The molecule has 1 aliphatic rings. The number of nitrogens with two attached hydrogens (primary N) is 1. The molecule has 0 fully saturated rings. The molecule has 0 aliphatic carbocycles. The Hall–Kier alpha value is -2.04. The highest BCUT2D eigenvalue weighted by molar-refractivity contribution is 9.10. The van der Waals surface area contributed by atoms with E-state index in [2.05, 4.69) is 30.9 Å². The molecule has 0 aromatic carbocycles. The van der Waals surface area contributed by atoms with Gasteiger partial charge in [-0.05, 0) is 48.0 Å². The molecular formula is C19H17BrClF3N4O2. The SMILES string of the molecule is C[C@@]1(c2cccc(CC(=O)c3ncc(Br)cc3Cl)n2)CO[C@@](C)(C(F)(F)F)C(N)=N1. The molecule has 2 atom stereocenters. The van der Waals surface area contributed by atoms with Gasteiger partial charge in [0, 0.05) is 16.4 Å². The van der Waals surface area contributed by atoms with Gasteiger partial charge in [0.15, 0.2) is 5.78 Å². The van der Waals surface area contributed by atoms with Crippen LogP contribution in [0.4, 0.5) is 13.2 Å². The molecule has 11 heteroatoms. The maximum atomic E-state index is 13.3. The number of carbonyl (C=O) groups is 1. The minimum absolute atomic E-state index is 0.0986. The topological polar surface area (TPSA) is 90.5 Å². The first kappa shape index (κ1) is 22.6. The highest BCUT2D eigenvalue weighted by Crippen LogP contribution is 2.40. The second-order valence-electron chi connectivity index (χ2n) is 7.19. The minimum atomic E-state index is -4.71. The molecule has 2 N–H and O–H groups in total. The minimum Gasteiger partial charge on any atom is -0.385 e. The molecule has 0 saturated carbocycles. The molecule has 2 aromatic heterocycles. The molecule has 1 aliphatic heterocycles. The number of carbonyl (C=O) groups excluding carboxylic acids is 1. The summed E-state index contributed by atoms with van der Waals surface area (Å²) in [6.45, 7) is 2.02. The summed E-state index contributed by atoms with van der Waals surface area (Å²) in [7, 11) is 0. The van der Waals surface area contributed by atoms with Gasteiger partial charge in [-0.1, -0.05) is 17.7 Å². The maximum Gasteiger partial charge on any atom is 0.424 e. The Morgan fingerprint density at radius 3 is 2.67 bits per heavy atom. The third kappa shape index (κ3) is 4.21. The molecule has 160 valence electrons. The van der Waals surface area contributed by atoms with E-state index < -0.39 is 23.2 Å². The van der Waals surface area contributed by atoms with Gasteiger partial charge in [0.05, 0.1) is 23.7 Å². The molecular weight excluding hydrogens is 489 g/mol. The van der Waals surface area contributed by atoms with E-state index in [0.717, 1.165) is 6.92 Å². The predicted molar refractivity (Wildman–Crippen MR) is 109 cm³/mol. The number of hydrogen-bond acceptors (Lipinski definition) is 6. The lowest BCUT2D eigenvalue weighted by molar-refractivity contribution is -0.249. The van der Waals surface area contributed by atoms with E-state index >= 15 is 0 Å². The Morgan fingerprint density at radius 1 is 1.37 bits per heavy atom. The van der Waals surface area contributed by atoms with Crippen molar-refractivity contribution in [2.24, 2.45) is 10.7 Å². The third-order valence-corrected chi connectivity index (χ3v) is 5.53. The highest BCUT2D eigenvalue weighted by Gasteiger charge is 2.59. The van der Waals surface area contributed by atoms with Crippen LogP contribution >= 0.6 is 27.5 Å². The fourth-order valence-corrected chi connectivity index (χ4v) is 3.60. The summed E-state index contributed by atoms with van der Waals surface area (Å²) < 4.78 is 45.6. The van der Waals surface area contributed by atoms with E-state index in [4.69, 9.17) is 22.1 Å². The predicted octanol–water partition coefficient (Wildman–Crippen LogP) is 4.24. The summed E-state index contributed by atoms with van der Waals surface area (Å²) in [5.41, 5.74) is 2.55. The van der Waals surface area contributed by atoms with Gasteiger partial charge in [-0.15, -0.1) is 0 Å². The molecule has 3 heterocycles. The van der Waals surface area contributed by atoms with Crippen molar-refractivity contribution in [3.63, 3.8) is 0 Å². The fourth-order valence-electron chi connectivity index (χ4n) is 2.87. The fraction of sp³-hybridized carbons (Fsp3) is 0.368. The Morgan fingerprint density at radius 2 is 2.07 bits per heavy atom. The zero-order valence-electron chi connectivity index (χ0n) is 15.9. The first-order chi connectivity index (χ1) is 13.9. The maximum absolute atomic E-state index is 13.3. The average molecular weight is 506 g/mol. The second-order valence-corrected chi connectivity index (χ2v) is 8.51. The van der Waals surface area contributed by atoms with Crippen LogP contribution in [0.15, 0.2) is 39.9 Å². The number of ketones is 1. The van der Waals surface area contributed by atoms with Crippen LogP contribution in [0, 0.1) is 0 Å². The molecule has 3 rings (SSSR count). The van der Waals surface area contributed by atoms with Crippen LogP contribution in [-0.4, -0.2) is 40.0 Å². The van der Waals surface area contributed by atoms with E-state index in [-0.39, 0.29) is 29.5 Å². The lowest BCUT2D eigenvalue weighted by atomic mass is 9.93. The van der Waals surface area contributed by atoms with Crippen molar-refractivity contribution < 1.29 is 22.7 Å². The number of aliphatic imine (C=N–C) groups is 1. The van der Waals surface area contributed by atoms with Gasteiger partial charge in [-0.2, -0.15) is 13.2 Å². The monoisotopic (exact) mass is 504 g/mol. The molecule has 0 bridgehead atoms. The van der Waals surface area contributed by atoms with Crippen LogP contribution < -0.4 is 5.73 Å². The van der Waals surface area contributed by atoms with Crippen LogP contribution in [-0.2, 0) is 16.7 Å². The summed E-state index contributed by atoms with van der Waals surface area (Å²) in [4.78, 5) is 25.1. The van der Waals surface area contributed by atoms with Crippen molar-refractivity contribution in [2.75, 3.05) is 6.61 Å². The van der Waals surface area contributed by atoms with E-state index in [1.54, 1.807) is 31.2 Å². The Balaban J connectivity index is 1.88. The number of ether oxygens (including phenoxy) is 1. The number of pyridine rings is 2. The first-order valence-electron chi connectivity index (χ1n) is 8.73. The summed E-state index contributed by atoms with van der Waals surface area (Å²) in [5, 5.41) is 0.196. The zero-order chi connectivity index (χ0) is 22.3. The number of rotatable bonds is 4. The Bertz CT molecular complexity index is 1030. The van der Waals surface area contributed by atoms with E-state index in [1.165, 1.54) is 6.20 Å². The summed E-state index contributed by atoms with van der Waals surface area (Å²) >= 11 is 9.29. The van der Waals surface area contributed by atoms with Gasteiger partial charge >= 0.3 is 6.18 Å². The zero-order valence-corrected chi connectivity index (χ0v) is 18.3. The van der Waals surface area contributed by atoms with Crippen molar-refractivity contribution in [3.8, 4) is 0 Å². The molecule has 0 spiro atoms. The second kappa shape index (κ2) is 7.90. The molecule has 0 amide bonds. The van der Waals surface area contributed by atoms with Crippen molar-refractivity contribution in [1.82, 2.24) is 9.97 Å². The average Bonchev–Trinajstić information content (AvgIpc) is 2.64. The smallest absolute Gasteiger partial charge is 0.385 e. The number of aromatic nitrogens is 2. The number of nitrogens with zero attached hydrogens (tertiary/aromatic N) is 3. The number of alkyl halides is 3. The Labute approximate surface area is 183 Å². The molecule has 2 aromatic rings. The number of amidine groups is 1. The molecule has 30 heavy (non-hydrogen) atoms. The Kier molecular flexibility index (Phi) is 5.96. The molecule has 0 saturated heterocycles. The van der Waals surface area contributed by atoms with Crippen molar-refractivity contribution in [1.29, 1.82) is 0 Å². The number of Topliss-reactive ketones (excluding diaryl/α,β-unsaturated/α-hetero) is 1. The van der Waals surface area contributed by atoms with Crippen LogP contribution in [0.25, 0.3) is 0 Å². The lowest BCUT2D eigenvalue weighted by Crippen LogP contribution is -2.60. The number of halogens is 5. The highest BCUT2D eigenvalue weighted by atomic mass is 79.9. The van der Waals surface area contributed by atoms with Gasteiger partial charge in [0.2, 0.25) is 5.60 Å². The van der Waals surface area contributed by atoms with Crippen LogP contribution in [0.5, 0.6) is 0 Å². The molecule has 0 unspecified atom stereocenters. The molecule has 0 radical (unpaired) electrons. The van der Waals surface area contributed by atoms with E-state index in [9.17, 15) is 18.0 Å². The normalized spacial score (nSPS) is 24.4. The largest absolute Gasteiger partial charge is 0.424 e. The molecule has 6 nitrogen and oxygen atoms in total. The van der Waals surface area contributed by atoms with Gasteiger partial charge in [0.1, 0.15) is 17.1 Å². The quantitative estimate of drug-likeness (QED) is 0.628. The third-order valence-electron chi connectivity index (χ3n) is 4.81. The summed E-state index contributed by atoms with van der Waals surface area (Å²) in [5.74, 6) is -1.03. The van der Waals surface area contributed by atoms with Crippen LogP contribution in [0.2, 0.25) is 5.02 Å². The van der Waals surface area contributed by atoms with Gasteiger partial charge in [-0.3, -0.25) is 19.8 Å². The van der Waals surface area contributed by atoms with Crippen molar-refractivity contribution in [3.05, 3.63) is 57.0 Å². The van der Waals surface area contributed by atoms with Gasteiger partial charge < -0.3 is 10.5 Å². The lowest BCUT2D eigenvalue weighted by Gasteiger charge is -2.40. The van der Waals surface area contributed by atoms with Crippen molar-refractivity contribution in [2.45, 2.75) is 37.6 Å².